The second-order valence-corrected chi connectivity index (χ2v) is 5.43. The van der Waals surface area contributed by atoms with Gasteiger partial charge in [-0.25, -0.2) is 0 Å². The Kier molecular flexibility index (Phi) is 3.07. The van der Waals surface area contributed by atoms with Gasteiger partial charge in [0.2, 0.25) is 5.56 Å². The van der Waals surface area contributed by atoms with Crippen LogP contribution in [0.25, 0.3) is 11.1 Å². The van der Waals surface area contributed by atoms with Crippen molar-refractivity contribution < 1.29 is 4.74 Å². The average molecular weight is 276 g/mol. The standard InChI is InChI=1S/C15H14ClNO2/c1-9-4-10-2-3-11(16)5-12(10)13-6-15(18)17-7-14(13)19-8-9/h2-3,5-7,9H,4,8H2,1H3,(H,17,18). The van der Waals surface area contributed by atoms with Gasteiger partial charge in [-0.05, 0) is 35.6 Å². The summed E-state index contributed by atoms with van der Waals surface area (Å²) in [6.07, 6.45) is 2.54. The highest BCUT2D eigenvalue weighted by atomic mass is 35.5. The van der Waals surface area contributed by atoms with Crippen molar-refractivity contribution in [2.45, 2.75) is 13.3 Å². The van der Waals surface area contributed by atoms with Gasteiger partial charge in [0.1, 0.15) is 5.75 Å². The molecule has 1 aliphatic rings. The first-order valence-electron chi connectivity index (χ1n) is 6.28. The summed E-state index contributed by atoms with van der Waals surface area (Å²) in [6.45, 7) is 2.79. The molecule has 1 N–H and O–H groups in total. The number of rotatable bonds is 0. The highest BCUT2D eigenvalue weighted by Gasteiger charge is 2.18. The van der Waals surface area contributed by atoms with Crippen LogP contribution in [0.5, 0.6) is 5.75 Å². The normalized spacial score (nSPS) is 17.7. The van der Waals surface area contributed by atoms with E-state index >= 15 is 0 Å². The maximum Gasteiger partial charge on any atom is 0.248 e. The summed E-state index contributed by atoms with van der Waals surface area (Å²) in [6, 6.07) is 7.39. The van der Waals surface area contributed by atoms with Gasteiger partial charge < -0.3 is 9.72 Å². The van der Waals surface area contributed by atoms with E-state index in [4.69, 9.17) is 16.3 Å². The van der Waals surface area contributed by atoms with E-state index in [0.717, 1.165) is 17.5 Å². The Labute approximate surface area is 116 Å². The lowest BCUT2D eigenvalue weighted by Crippen LogP contribution is -2.16. The third-order valence-corrected chi connectivity index (χ3v) is 3.58. The number of nitrogens with one attached hydrogen (secondary N) is 1. The zero-order chi connectivity index (χ0) is 13.4. The maximum atomic E-state index is 11.6. The molecule has 0 amide bonds. The van der Waals surface area contributed by atoms with E-state index in [9.17, 15) is 4.79 Å². The summed E-state index contributed by atoms with van der Waals surface area (Å²) in [5, 5.41) is 0.665. The van der Waals surface area contributed by atoms with Crippen LogP contribution in [-0.4, -0.2) is 11.6 Å². The first kappa shape index (κ1) is 12.3. The fraction of sp³-hybridized carbons (Fsp3) is 0.267. The van der Waals surface area contributed by atoms with E-state index in [0.29, 0.717) is 23.3 Å². The highest BCUT2D eigenvalue weighted by Crippen LogP contribution is 2.35. The summed E-state index contributed by atoms with van der Waals surface area (Å²) in [4.78, 5) is 14.2. The second-order valence-electron chi connectivity index (χ2n) is 5.00. The van der Waals surface area contributed by atoms with Crippen LogP contribution in [0, 0.1) is 5.92 Å². The Morgan fingerprint density at radius 1 is 1.32 bits per heavy atom. The molecule has 0 saturated carbocycles. The van der Waals surface area contributed by atoms with Crippen molar-refractivity contribution in [3.63, 3.8) is 0 Å². The monoisotopic (exact) mass is 275 g/mol. The quantitative estimate of drug-likeness (QED) is 0.802. The molecule has 0 spiro atoms. The Bertz CT molecular complexity index is 678. The second kappa shape index (κ2) is 4.74. The van der Waals surface area contributed by atoms with Gasteiger partial charge in [-0.1, -0.05) is 24.6 Å². The van der Waals surface area contributed by atoms with E-state index in [-0.39, 0.29) is 5.56 Å². The van der Waals surface area contributed by atoms with Crippen molar-refractivity contribution in [1.82, 2.24) is 4.98 Å². The largest absolute Gasteiger partial charge is 0.491 e. The summed E-state index contributed by atoms with van der Waals surface area (Å²) < 4.78 is 5.78. The Morgan fingerprint density at radius 3 is 3.00 bits per heavy atom. The molecule has 0 saturated heterocycles. The minimum Gasteiger partial charge on any atom is -0.491 e. The third kappa shape index (κ3) is 2.38. The lowest BCUT2D eigenvalue weighted by atomic mass is 9.92. The van der Waals surface area contributed by atoms with Crippen LogP contribution in [0.4, 0.5) is 0 Å². The fourth-order valence-electron chi connectivity index (χ4n) is 2.43. The molecule has 4 heteroatoms. The summed E-state index contributed by atoms with van der Waals surface area (Å²) >= 11 is 6.09. The SMILES string of the molecule is CC1COc2c[nH]c(=O)cc2-c2cc(Cl)ccc2C1. The number of H-pyrrole nitrogens is 1. The molecule has 98 valence electrons. The lowest BCUT2D eigenvalue weighted by molar-refractivity contribution is 0.257. The molecule has 0 aliphatic carbocycles. The van der Waals surface area contributed by atoms with Crippen molar-refractivity contribution in [3.8, 4) is 16.9 Å². The lowest BCUT2D eigenvalue weighted by Gasteiger charge is -2.22. The van der Waals surface area contributed by atoms with Crippen molar-refractivity contribution in [1.29, 1.82) is 0 Å². The highest BCUT2D eigenvalue weighted by molar-refractivity contribution is 6.30. The molecule has 0 radical (unpaired) electrons. The summed E-state index contributed by atoms with van der Waals surface area (Å²) in [5.74, 6) is 1.12. The zero-order valence-corrected chi connectivity index (χ0v) is 11.3. The average Bonchev–Trinajstić information content (AvgIpc) is 2.38. The molecular formula is C15H14ClNO2. The van der Waals surface area contributed by atoms with Crippen LogP contribution < -0.4 is 10.3 Å². The van der Waals surface area contributed by atoms with Gasteiger partial charge in [0.15, 0.2) is 0 Å². The van der Waals surface area contributed by atoms with Crippen LogP contribution in [-0.2, 0) is 6.42 Å². The van der Waals surface area contributed by atoms with Gasteiger partial charge in [-0.3, -0.25) is 4.79 Å². The predicted molar refractivity (Wildman–Crippen MR) is 75.9 cm³/mol. The van der Waals surface area contributed by atoms with Crippen LogP contribution in [0.2, 0.25) is 5.02 Å². The van der Waals surface area contributed by atoms with Gasteiger partial charge in [-0.15, -0.1) is 0 Å². The van der Waals surface area contributed by atoms with Crippen LogP contribution >= 0.6 is 11.6 Å². The van der Waals surface area contributed by atoms with Crippen LogP contribution in [0.1, 0.15) is 12.5 Å². The van der Waals surface area contributed by atoms with E-state index < -0.39 is 0 Å². The smallest absolute Gasteiger partial charge is 0.248 e. The molecule has 0 bridgehead atoms. The van der Waals surface area contributed by atoms with Crippen molar-refractivity contribution >= 4 is 11.6 Å². The molecular weight excluding hydrogens is 262 g/mol. The van der Waals surface area contributed by atoms with E-state index in [1.807, 2.05) is 18.2 Å². The summed E-state index contributed by atoms with van der Waals surface area (Å²) in [5.41, 5.74) is 2.86. The number of pyridine rings is 1. The predicted octanol–water partition coefficient (Wildman–Crippen LogP) is 3.27. The molecule has 2 heterocycles. The van der Waals surface area contributed by atoms with Crippen molar-refractivity contribution in [2.24, 2.45) is 5.92 Å². The van der Waals surface area contributed by atoms with Gasteiger partial charge in [0.05, 0.1) is 6.61 Å². The minimum absolute atomic E-state index is 0.137. The van der Waals surface area contributed by atoms with Crippen LogP contribution in [0.15, 0.2) is 35.3 Å². The van der Waals surface area contributed by atoms with E-state index in [1.54, 1.807) is 12.3 Å². The molecule has 1 aliphatic heterocycles. The van der Waals surface area contributed by atoms with Crippen molar-refractivity contribution in [2.75, 3.05) is 6.61 Å². The molecule has 3 rings (SSSR count). The number of aromatic nitrogens is 1. The summed E-state index contributed by atoms with van der Waals surface area (Å²) in [7, 11) is 0. The number of hydrogen-bond donors (Lipinski definition) is 1. The number of halogens is 1. The maximum absolute atomic E-state index is 11.6. The molecule has 0 fully saturated rings. The third-order valence-electron chi connectivity index (χ3n) is 3.34. The molecule has 2 aromatic rings. The topological polar surface area (TPSA) is 42.1 Å². The number of ether oxygens (including phenoxy) is 1. The number of hydrogen-bond acceptors (Lipinski definition) is 2. The Hall–Kier alpha value is -1.74. The first-order chi connectivity index (χ1) is 9.13. The number of aromatic amines is 1. The van der Waals surface area contributed by atoms with Gasteiger partial charge >= 0.3 is 0 Å². The minimum atomic E-state index is -0.137. The van der Waals surface area contributed by atoms with Gasteiger partial charge in [-0.2, -0.15) is 0 Å². The first-order valence-corrected chi connectivity index (χ1v) is 6.65. The van der Waals surface area contributed by atoms with Crippen molar-refractivity contribution in [3.05, 3.63) is 51.4 Å². The van der Waals surface area contributed by atoms with Gasteiger partial charge in [0.25, 0.3) is 0 Å². The molecule has 1 unspecified atom stereocenters. The van der Waals surface area contributed by atoms with E-state index in [1.165, 1.54) is 5.56 Å². The molecule has 3 nitrogen and oxygen atoms in total. The number of fused-ring (bicyclic) bond motifs is 3. The molecule has 1 atom stereocenters. The van der Waals surface area contributed by atoms with Gasteiger partial charge in [0, 0.05) is 22.8 Å². The zero-order valence-electron chi connectivity index (χ0n) is 10.6. The fourth-order valence-corrected chi connectivity index (χ4v) is 2.60. The molecule has 1 aromatic carbocycles. The number of benzene rings is 1. The molecule has 1 aromatic heterocycles. The Morgan fingerprint density at radius 2 is 2.16 bits per heavy atom. The Balaban J connectivity index is 2.27. The molecule has 19 heavy (non-hydrogen) atoms. The van der Waals surface area contributed by atoms with E-state index in [2.05, 4.69) is 11.9 Å². The van der Waals surface area contributed by atoms with Crippen LogP contribution in [0.3, 0.4) is 0 Å².